The number of β-amino-alcohol motifs (C(OH)–C–C–N with tert-alkyl or cyclic N) is 1. The molecule has 2 aromatic rings. The zero-order valence-corrected chi connectivity index (χ0v) is 15.4. The quantitative estimate of drug-likeness (QED) is 0.795. The van der Waals surface area contributed by atoms with Crippen LogP contribution in [0.15, 0.2) is 24.8 Å². The van der Waals surface area contributed by atoms with E-state index in [2.05, 4.69) is 20.4 Å². The topological polar surface area (TPSA) is 99.4 Å². The highest BCUT2D eigenvalue weighted by molar-refractivity contribution is 5.93. The molecule has 140 valence electrons. The molecule has 3 heterocycles. The molecule has 26 heavy (non-hydrogen) atoms. The highest BCUT2D eigenvalue weighted by Gasteiger charge is 2.36. The summed E-state index contributed by atoms with van der Waals surface area (Å²) in [5.41, 5.74) is -0.476. The maximum atomic E-state index is 12.5. The molecule has 0 saturated carbocycles. The van der Waals surface area contributed by atoms with Crippen LogP contribution in [0.25, 0.3) is 0 Å². The van der Waals surface area contributed by atoms with Crippen molar-refractivity contribution >= 4 is 17.5 Å². The fraction of sp³-hybridized carbons (Fsp3) is 0.529. The molecule has 0 unspecified atom stereocenters. The van der Waals surface area contributed by atoms with Gasteiger partial charge in [0.1, 0.15) is 18.0 Å². The summed E-state index contributed by atoms with van der Waals surface area (Å²) in [7, 11) is 5.28. The Morgan fingerprint density at radius 2 is 2.27 bits per heavy atom. The fourth-order valence-electron chi connectivity index (χ4n) is 3.36. The number of piperidine rings is 1. The van der Waals surface area contributed by atoms with Gasteiger partial charge in [0.15, 0.2) is 0 Å². The Kier molecular flexibility index (Phi) is 5.08. The zero-order valence-electron chi connectivity index (χ0n) is 15.4. The first-order valence-electron chi connectivity index (χ1n) is 8.61. The van der Waals surface area contributed by atoms with Crippen molar-refractivity contribution in [2.45, 2.75) is 18.4 Å². The third-order valence-electron chi connectivity index (χ3n) is 4.62. The predicted molar refractivity (Wildman–Crippen MR) is 98.1 cm³/mol. The normalized spacial score (nSPS) is 20.1. The summed E-state index contributed by atoms with van der Waals surface area (Å²) in [6, 6.07) is 1.86. The lowest BCUT2D eigenvalue weighted by Crippen LogP contribution is -2.54. The summed E-state index contributed by atoms with van der Waals surface area (Å²) >= 11 is 0. The van der Waals surface area contributed by atoms with Gasteiger partial charge < -0.3 is 20.2 Å². The number of anilines is 2. The van der Waals surface area contributed by atoms with Crippen molar-refractivity contribution in [2.24, 2.45) is 7.05 Å². The lowest BCUT2D eigenvalue weighted by atomic mass is 9.92. The van der Waals surface area contributed by atoms with Crippen molar-refractivity contribution in [3.8, 4) is 0 Å². The zero-order chi connectivity index (χ0) is 18.7. The number of hydrogen-bond donors (Lipinski definition) is 2. The smallest absolute Gasteiger partial charge is 0.256 e. The van der Waals surface area contributed by atoms with Crippen molar-refractivity contribution < 1.29 is 9.90 Å². The summed E-state index contributed by atoms with van der Waals surface area (Å²) < 4.78 is 1.59. The van der Waals surface area contributed by atoms with E-state index in [0.717, 1.165) is 24.6 Å². The monoisotopic (exact) mass is 359 g/mol. The Morgan fingerprint density at radius 1 is 1.46 bits per heavy atom. The van der Waals surface area contributed by atoms with Gasteiger partial charge in [0.2, 0.25) is 0 Å². The average Bonchev–Trinajstić information content (AvgIpc) is 3.07. The molecule has 9 heteroatoms. The molecule has 1 atom stereocenters. The van der Waals surface area contributed by atoms with Gasteiger partial charge in [-0.25, -0.2) is 9.97 Å². The second kappa shape index (κ2) is 7.28. The standard InChI is InChI=1S/C17H25N7O2/c1-18-14-7-15(20-12-19-14)24-6-4-5-17(26,11-24)10-22(2)16(25)13-8-21-23(3)9-13/h7-9,12,26H,4-6,10-11H2,1-3H3,(H,18,19,20)/t17-/m0/s1. The molecule has 0 bridgehead atoms. The largest absolute Gasteiger partial charge is 0.386 e. The highest BCUT2D eigenvalue weighted by Crippen LogP contribution is 2.26. The van der Waals surface area contributed by atoms with Crippen molar-refractivity contribution in [3.05, 3.63) is 30.4 Å². The van der Waals surface area contributed by atoms with Crippen molar-refractivity contribution in [1.29, 1.82) is 0 Å². The summed E-state index contributed by atoms with van der Waals surface area (Å²) in [5, 5.41) is 18.1. The van der Waals surface area contributed by atoms with Crippen LogP contribution >= 0.6 is 0 Å². The molecule has 0 aliphatic carbocycles. The number of rotatable bonds is 5. The van der Waals surface area contributed by atoms with Crippen molar-refractivity contribution in [2.75, 3.05) is 43.9 Å². The third kappa shape index (κ3) is 3.93. The number of aliphatic hydroxyl groups is 1. The van der Waals surface area contributed by atoms with E-state index < -0.39 is 5.60 Å². The number of likely N-dealkylation sites (N-methyl/N-ethyl adjacent to an activating group) is 1. The third-order valence-corrected chi connectivity index (χ3v) is 4.62. The number of hydrogen-bond acceptors (Lipinski definition) is 7. The lowest BCUT2D eigenvalue weighted by molar-refractivity contribution is -0.000137. The van der Waals surface area contributed by atoms with E-state index in [1.165, 1.54) is 12.5 Å². The Hall–Kier alpha value is -2.68. The molecule has 0 spiro atoms. The van der Waals surface area contributed by atoms with E-state index in [4.69, 9.17) is 0 Å². The van der Waals surface area contributed by atoms with E-state index in [1.807, 2.05) is 11.0 Å². The van der Waals surface area contributed by atoms with Crippen LogP contribution in [-0.2, 0) is 7.05 Å². The Labute approximate surface area is 152 Å². The second-order valence-electron chi connectivity index (χ2n) is 6.82. The summed E-state index contributed by atoms with van der Waals surface area (Å²) in [4.78, 5) is 24.6. The number of nitrogens with zero attached hydrogens (tertiary/aromatic N) is 6. The molecule has 9 nitrogen and oxygen atoms in total. The molecule has 2 N–H and O–H groups in total. The number of aromatic nitrogens is 4. The molecule has 0 radical (unpaired) electrons. The van der Waals surface area contributed by atoms with Crippen LogP contribution in [0.2, 0.25) is 0 Å². The summed E-state index contributed by atoms with van der Waals surface area (Å²) in [5.74, 6) is 1.35. The van der Waals surface area contributed by atoms with Crippen LogP contribution in [0.3, 0.4) is 0 Å². The van der Waals surface area contributed by atoms with E-state index >= 15 is 0 Å². The number of amides is 1. The van der Waals surface area contributed by atoms with E-state index in [9.17, 15) is 9.90 Å². The second-order valence-corrected chi connectivity index (χ2v) is 6.82. The minimum Gasteiger partial charge on any atom is -0.386 e. The van der Waals surface area contributed by atoms with Gasteiger partial charge in [0, 0.05) is 46.5 Å². The van der Waals surface area contributed by atoms with Gasteiger partial charge in [-0.15, -0.1) is 0 Å². The molecule has 1 amide bonds. The molecule has 1 fully saturated rings. The van der Waals surface area contributed by atoms with E-state index in [-0.39, 0.29) is 12.5 Å². The van der Waals surface area contributed by atoms with Crippen molar-refractivity contribution in [1.82, 2.24) is 24.6 Å². The van der Waals surface area contributed by atoms with Crippen LogP contribution in [0.4, 0.5) is 11.6 Å². The first-order valence-corrected chi connectivity index (χ1v) is 8.61. The number of carbonyl (C=O) groups is 1. The maximum absolute atomic E-state index is 12.5. The summed E-state index contributed by atoms with van der Waals surface area (Å²) in [6.45, 7) is 1.47. The Bertz CT molecular complexity index is 778. The molecule has 0 aromatic carbocycles. The Balaban J connectivity index is 1.69. The molecule has 1 aliphatic rings. The van der Waals surface area contributed by atoms with Gasteiger partial charge in [-0.05, 0) is 12.8 Å². The van der Waals surface area contributed by atoms with Gasteiger partial charge in [-0.3, -0.25) is 9.48 Å². The highest BCUT2D eigenvalue weighted by atomic mass is 16.3. The summed E-state index contributed by atoms with van der Waals surface area (Å²) in [6.07, 6.45) is 6.18. The minimum absolute atomic E-state index is 0.150. The minimum atomic E-state index is -0.990. The van der Waals surface area contributed by atoms with Gasteiger partial charge in [-0.1, -0.05) is 0 Å². The van der Waals surface area contributed by atoms with Crippen LogP contribution in [0, 0.1) is 0 Å². The first kappa shape index (κ1) is 18.1. The van der Waals surface area contributed by atoms with Crippen LogP contribution in [0.1, 0.15) is 23.2 Å². The molecular formula is C17H25N7O2. The van der Waals surface area contributed by atoms with Gasteiger partial charge in [0.25, 0.3) is 5.91 Å². The SMILES string of the molecule is CNc1cc(N2CCC[C@](O)(CN(C)C(=O)c3cnn(C)c3)C2)ncn1. The van der Waals surface area contributed by atoms with Crippen molar-refractivity contribution in [3.63, 3.8) is 0 Å². The van der Waals surface area contributed by atoms with Gasteiger partial charge in [-0.2, -0.15) is 5.10 Å². The maximum Gasteiger partial charge on any atom is 0.256 e. The molecule has 1 saturated heterocycles. The van der Waals surface area contributed by atoms with E-state index in [0.29, 0.717) is 18.5 Å². The fourth-order valence-corrected chi connectivity index (χ4v) is 3.36. The van der Waals surface area contributed by atoms with Crippen LogP contribution in [-0.4, -0.2) is 75.0 Å². The van der Waals surface area contributed by atoms with E-state index in [1.54, 1.807) is 36.9 Å². The molecule has 2 aromatic heterocycles. The Morgan fingerprint density at radius 3 is 2.96 bits per heavy atom. The number of aryl methyl sites for hydroxylation is 1. The molecule has 3 rings (SSSR count). The molecular weight excluding hydrogens is 334 g/mol. The average molecular weight is 359 g/mol. The van der Waals surface area contributed by atoms with Crippen LogP contribution < -0.4 is 10.2 Å². The predicted octanol–water partition coefficient (Wildman–Crippen LogP) is 0.355. The lowest BCUT2D eigenvalue weighted by Gasteiger charge is -2.41. The first-order chi connectivity index (χ1) is 12.4. The molecule has 1 aliphatic heterocycles. The van der Waals surface area contributed by atoms with Crippen LogP contribution in [0.5, 0.6) is 0 Å². The van der Waals surface area contributed by atoms with Gasteiger partial charge >= 0.3 is 0 Å². The number of carbonyl (C=O) groups excluding carboxylic acids is 1. The van der Waals surface area contributed by atoms with Gasteiger partial charge in [0.05, 0.1) is 23.9 Å². The number of nitrogens with one attached hydrogen (secondary N) is 1.